The highest BCUT2D eigenvalue weighted by Crippen LogP contribution is 2.21. The largest absolute Gasteiger partial charge is 0.322 e. The Morgan fingerprint density at radius 1 is 1.26 bits per heavy atom. The van der Waals surface area contributed by atoms with Crippen molar-refractivity contribution in [2.75, 3.05) is 5.32 Å². The van der Waals surface area contributed by atoms with Gasteiger partial charge in [0.15, 0.2) is 0 Å². The van der Waals surface area contributed by atoms with E-state index in [4.69, 9.17) is 0 Å². The van der Waals surface area contributed by atoms with Gasteiger partial charge in [0.25, 0.3) is 5.91 Å². The molecule has 2 aromatic carbocycles. The van der Waals surface area contributed by atoms with Crippen molar-refractivity contribution in [3.63, 3.8) is 0 Å². The summed E-state index contributed by atoms with van der Waals surface area (Å²) in [6.07, 6.45) is 0. The molecular formula is C14H11BrFNOS. The fourth-order valence-electron chi connectivity index (χ4n) is 1.64. The maximum absolute atomic E-state index is 13.6. The van der Waals surface area contributed by atoms with Gasteiger partial charge in [-0.2, -0.15) is 0 Å². The first-order valence-corrected chi connectivity index (χ1v) is 6.77. The van der Waals surface area contributed by atoms with Gasteiger partial charge in [0.2, 0.25) is 0 Å². The van der Waals surface area contributed by atoms with Crippen molar-refractivity contribution in [2.24, 2.45) is 0 Å². The summed E-state index contributed by atoms with van der Waals surface area (Å²) in [6.45, 7) is 1.87. The SMILES string of the molecule is Cc1cc(Br)ccc1NC(=O)c1cc(S)ccc1F. The molecule has 0 heterocycles. The van der Waals surface area contributed by atoms with Gasteiger partial charge in [0.05, 0.1) is 5.56 Å². The summed E-state index contributed by atoms with van der Waals surface area (Å²) in [4.78, 5) is 12.6. The molecule has 0 aliphatic heterocycles. The lowest BCUT2D eigenvalue weighted by atomic mass is 10.1. The Bertz CT molecular complexity index is 645. The van der Waals surface area contributed by atoms with Crippen LogP contribution < -0.4 is 5.32 Å². The maximum Gasteiger partial charge on any atom is 0.258 e. The normalized spacial score (nSPS) is 10.3. The van der Waals surface area contributed by atoms with Crippen LogP contribution in [-0.2, 0) is 0 Å². The Balaban J connectivity index is 2.28. The Hall–Kier alpha value is -1.33. The number of carbonyl (C=O) groups is 1. The smallest absolute Gasteiger partial charge is 0.258 e. The zero-order chi connectivity index (χ0) is 14.0. The third-order valence-corrected chi connectivity index (χ3v) is 3.40. The first kappa shape index (κ1) is 14.1. The van der Waals surface area contributed by atoms with E-state index in [1.54, 1.807) is 6.07 Å². The minimum atomic E-state index is -0.565. The third-order valence-electron chi connectivity index (χ3n) is 2.63. The molecule has 19 heavy (non-hydrogen) atoms. The number of anilines is 1. The van der Waals surface area contributed by atoms with Crippen LogP contribution in [0.3, 0.4) is 0 Å². The topological polar surface area (TPSA) is 29.1 Å². The average molecular weight is 340 g/mol. The molecule has 2 nitrogen and oxygen atoms in total. The predicted molar refractivity (Wildman–Crippen MR) is 80.5 cm³/mol. The van der Waals surface area contributed by atoms with Crippen LogP contribution in [-0.4, -0.2) is 5.91 Å². The summed E-state index contributed by atoms with van der Waals surface area (Å²) >= 11 is 7.45. The van der Waals surface area contributed by atoms with E-state index in [0.29, 0.717) is 10.6 Å². The lowest BCUT2D eigenvalue weighted by Gasteiger charge is -2.09. The van der Waals surface area contributed by atoms with Crippen molar-refractivity contribution in [2.45, 2.75) is 11.8 Å². The number of carbonyl (C=O) groups excluding carboxylic acids is 1. The van der Waals surface area contributed by atoms with Crippen LogP contribution >= 0.6 is 28.6 Å². The van der Waals surface area contributed by atoms with Crippen molar-refractivity contribution < 1.29 is 9.18 Å². The van der Waals surface area contributed by atoms with E-state index in [2.05, 4.69) is 33.9 Å². The molecular weight excluding hydrogens is 329 g/mol. The van der Waals surface area contributed by atoms with E-state index < -0.39 is 11.7 Å². The second-order valence-corrected chi connectivity index (χ2v) is 5.51. The summed E-state index contributed by atoms with van der Waals surface area (Å²) < 4.78 is 14.5. The number of nitrogens with one attached hydrogen (secondary N) is 1. The highest BCUT2D eigenvalue weighted by molar-refractivity contribution is 9.10. The molecule has 0 aliphatic carbocycles. The van der Waals surface area contributed by atoms with Crippen LogP contribution in [0.4, 0.5) is 10.1 Å². The summed E-state index contributed by atoms with van der Waals surface area (Å²) in [5.41, 5.74) is 1.53. The number of thiol groups is 1. The van der Waals surface area contributed by atoms with Gasteiger partial charge < -0.3 is 5.32 Å². The number of amides is 1. The Morgan fingerprint density at radius 3 is 2.68 bits per heavy atom. The minimum absolute atomic E-state index is 0.0187. The zero-order valence-corrected chi connectivity index (χ0v) is 12.6. The number of benzene rings is 2. The van der Waals surface area contributed by atoms with Crippen molar-refractivity contribution in [3.05, 3.63) is 57.8 Å². The van der Waals surface area contributed by atoms with Gasteiger partial charge in [-0.25, -0.2) is 4.39 Å². The number of aryl methyl sites for hydroxylation is 1. The van der Waals surface area contributed by atoms with Crippen molar-refractivity contribution >= 4 is 40.2 Å². The summed E-state index contributed by atoms with van der Waals surface area (Å²) in [6, 6.07) is 9.59. The Morgan fingerprint density at radius 2 is 2.00 bits per heavy atom. The van der Waals surface area contributed by atoms with Crippen LogP contribution in [0.15, 0.2) is 45.8 Å². The van der Waals surface area contributed by atoms with Gasteiger partial charge in [0.1, 0.15) is 5.82 Å². The Kier molecular flexibility index (Phi) is 4.27. The third kappa shape index (κ3) is 3.36. The molecule has 0 spiro atoms. The highest BCUT2D eigenvalue weighted by atomic mass is 79.9. The van der Waals surface area contributed by atoms with E-state index in [1.165, 1.54) is 18.2 Å². The highest BCUT2D eigenvalue weighted by Gasteiger charge is 2.13. The van der Waals surface area contributed by atoms with Crippen LogP contribution in [0.2, 0.25) is 0 Å². The van der Waals surface area contributed by atoms with E-state index in [-0.39, 0.29) is 5.56 Å². The zero-order valence-electron chi connectivity index (χ0n) is 10.1. The number of hydrogen-bond donors (Lipinski definition) is 2. The van der Waals surface area contributed by atoms with Crippen LogP contribution in [0.1, 0.15) is 15.9 Å². The molecule has 0 atom stereocenters. The average Bonchev–Trinajstić information content (AvgIpc) is 2.35. The van der Waals surface area contributed by atoms with E-state index >= 15 is 0 Å². The van der Waals surface area contributed by atoms with Crippen LogP contribution in [0.25, 0.3) is 0 Å². The van der Waals surface area contributed by atoms with Crippen molar-refractivity contribution in [1.29, 1.82) is 0 Å². The molecule has 0 fully saturated rings. The van der Waals surface area contributed by atoms with Gasteiger partial charge in [-0.1, -0.05) is 15.9 Å². The second-order valence-electron chi connectivity index (χ2n) is 4.08. The first-order chi connectivity index (χ1) is 8.97. The van der Waals surface area contributed by atoms with Crippen molar-refractivity contribution in [3.8, 4) is 0 Å². The monoisotopic (exact) mass is 339 g/mol. The standard InChI is InChI=1S/C14H11BrFNOS/c1-8-6-9(15)2-5-13(8)17-14(18)11-7-10(19)3-4-12(11)16/h2-7,19H,1H3,(H,17,18). The van der Waals surface area contributed by atoms with Gasteiger partial charge >= 0.3 is 0 Å². The lowest BCUT2D eigenvalue weighted by molar-refractivity contribution is 0.102. The maximum atomic E-state index is 13.6. The van der Waals surface area contributed by atoms with E-state index in [0.717, 1.165) is 10.0 Å². The summed E-state index contributed by atoms with van der Waals surface area (Å²) in [5, 5.41) is 2.69. The number of halogens is 2. The molecule has 1 amide bonds. The molecule has 1 N–H and O–H groups in total. The molecule has 98 valence electrons. The molecule has 0 saturated carbocycles. The fraction of sp³-hybridized carbons (Fsp3) is 0.0714. The number of rotatable bonds is 2. The quantitative estimate of drug-likeness (QED) is 0.778. The fourth-order valence-corrected chi connectivity index (χ4v) is 2.32. The molecule has 0 aliphatic rings. The summed E-state index contributed by atoms with van der Waals surface area (Å²) in [5.74, 6) is -1.05. The van der Waals surface area contributed by atoms with Gasteiger partial charge in [-0.05, 0) is 48.9 Å². The molecule has 0 radical (unpaired) electrons. The predicted octanol–water partition coefficient (Wildman–Crippen LogP) is 4.44. The molecule has 0 unspecified atom stereocenters. The van der Waals surface area contributed by atoms with Gasteiger partial charge in [-0.15, -0.1) is 12.6 Å². The molecule has 0 bridgehead atoms. The van der Waals surface area contributed by atoms with Crippen molar-refractivity contribution in [1.82, 2.24) is 0 Å². The molecule has 2 aromatic rings. The van der Waals surface area contributed by atoms with Crippen LogP contribution in [0.5, 0.6) is 0 Å². The molecule has 0 aromatic heterocycles. The van der Waals surface area contributed by atoms with Gasteiger partial charge in [0, 0.05) is 15.1 Å². The van der Waals surface area contributed by atoms with Gasteiger partial charge in [-0.3, -0.25) is 4.79 Å². The van der Waals surface area contributed by atoms with Crippen LogP contribution in [0, 0.1) is 12.7 Å². The lowest BCUT2D eigenvalue weighted by Crippen LogP contribution is -2.14. The molecule has 0 saturated heterocycles. The Labute approximate surface area is 124 Å². The minimum Gasteiger partial charge on any atom is -0.322 e. The molecule has 5 heteroatoms. The summed E-state index contributed by atoms with van der Waals surface area (Å²) in [7, 11) is 0. The first-order valence-electron chi connectivity index (χ1n) is 5.53. The molecule has 2 rings (SSSR count). The number of hydrogen-bond acceptors (Lipinski definition) is 2. The van der Waals surface area contributed by atoms with E-state index in [1.807, 2.05) is 19.1 Å². The second kappa shape index (κ2) is 5.75. The van der Waals surface area contributed by atoms with E-state index in [9.17, 15) is 9.18 Å².